The van der Waals surface area contributed by atoms with E-state index < -0.39 is 0 Å². The first kappa shape index (κ1) is 14.0. The molecule has 3 N–H and O–H groups in total. The molecule has 5 heteroatoms. The fourth-order valence-electron chi connectivity index (χ4n) is 2.52. The van der Waals surface area contributed by atoms with Crippen LogP contribution in [0, 0.1) is 0 Å². The van der Waals surface area contributed by atoms with Gasteiger partial charge in [-0.05, 0) is 44.0 Å². The first-order valence-corrected chi connectivity index (χ1v) is 6.76. The standard InChI is InChI=1S/C14H22N4O/c1-18(9-11-4-6-16-7-5-11)10-14(19)17-13-3-2-12(15)8-13/h4-7,12-13H,2-3,8-10,15H2,1H3,(H,17,19)/t12-,13-/m1/s1. The van der Waals surface area contributed by atoms with Crippen LogP contribution in [0.5, 0.6) is 0 Å². The van der Waals surface area contributed by atoms with Crippen LogP contribution in [-0.4, -0.2) is 41.5 Å². The van der Waals surface area contributed by atoms with E-state index in [0.717, 1.165) is 31.4 Å². The quantitative estimate of drug-likeness (QED) is 0.811. The molecule has 1 saturated carbocycles. The number of amides is 1. The molecule has 1 aromatic rings. The van der Waals surface area contributed by atoms with Gasteiger partial charge in [0.15, 0.2) is 0 Å². The van der Waals surface area contributed by atoms with E-state index in [-0.39, 0.29) is 18.0 Å². The van der Waals surface area contributed by atoms with Crippen molar-refractivity contribution in [2.24, 2.45) is 5.73 Å². The van der Waals surface area contributed by atoms with Gasteiger partial charge >= 0.3 is 0 Å². The lowest BCUT2D eigenvalue weighted by atomic mass is 10.2. The number of nitrogens with two attached hydrogens (primary N) is 1. The molecule has 5 nitrogen and oxygen atoms in total. The summed E-state index contributed by atoms with van der Waals surface area (Å²) < 4.78 is 0. The van der Waals surface area contributed by atoms with Gasteiger partial charge in [-0.15, -0.1) is 0 Å². The molecule has 1 fully saturated rings. The molecule has 0 aliphatic heterocycles. The molecule has 0 saturated heterocycles. The van der Waals surface area contributed by atoms with Crippen LogP contribution in [0.25, 0.3) is 0 Å². The number of carbonyl (C=O) groups is 1. The maximum Gasteiger partial charge on any atom is 0.234 e. The Kier molecular flexibility index (Phi) is 4.87. The van der Waals surface area contributed by atoms with Gasteiger partial charge in [0.25, 0.3) is 0 Å². The number of hydrogen-bond donors (Lipinski definition) is 2. The number of aromatic nitrogens is 1. The molecular weight excluding hydrogens is 240 g/mol. The molecule has 0 bridgehead atoms. The zero-order chi connectivity index (χ0) is 13.7. The molecule has 0 aromatic carbocycles. The topological polar surface area (TPSA) is 71.2 Å². The van der Waals surface area contributed by atoms with Gasteiger partial charge in [0, 0.05) is 31.0 Å². The van der Waals surface area contributed by atoms with Crippen LogP contribution >= 0.6 is 0 Å². The second kappa shape index (κ2) is 6.63. The molecule has 1 amide bonds. The molecule has 1 aliphatic rings. The van der Waals surface area contributed by atoms with Gasteiger partial charge in [-0.2, -0.15) is 0 Å². The van der Waals surface area contributed by atoms with Crippen LogP contribution < -0.4 is 11.1 Å². The lowest BCUT2D eigenvalue weighted by Crippen LogP contribution is -2.40. The number of carbonyl (C=O) groups excluding carboxylic acids is 1. The minimum absolute atomic E-state index is 0.0793. The summed E-state index contributed by atoms with van der Waals surface area (Å²) in [5.41, 5.74) is 7.00. The molecule has 1 aliphatic carbocycles. The van der Waals surface area contributed by atoms with E-state index in [4.69, 9.17) is 5.73 Å². The Bertz CT molecular complexity index is 409. The Labute approximate surface area is 114 Å². The third-order valence-corrected chi connectivity index (χ3v) is 3.45. The zero-order valence-corrected chi connectivity index (χ0v) is 11.4. The molecule has 0 unspecified atom stereocenters. The van der Waals surface area contributed by atoms with E-state index in [1.54, 1.807) is 12.4 Å². The number of likely N-dealkylation sites (N-methyl/N-ethyl adjacent to an activating group) is 1. The van der Waals surface area contributed by atoms with Gasteiger partial charge in [0.1, 0.15) is 0 Å². The Morgan fingerprint density at radius 3 is 2.84 bits per heavy atom. The maximum atomic E-state index is 11.9. The predicted octanol–water partition coefficient (Wildman–Crippen LogP) is 0.509. The number of nitrogens with zero attached hydrogens (tertiary/aromatic N) is 2. The van der Waals surface area contributed by atoms with Crippen molar-refractivity contribution >= 4 is 5.91 Å². The van der Waals surface area contributed by atoms with Crippen molar-refractivity contribution in [3.63, 3.8) is 0 Å². The summed E-state index contributed by atoms with van der Waals surface area (Å²) in [6.45, 7) is 1.16. The molecule has 2 atom stereocenters. The largest absolute Gasteiger partial charge is 0.352 e. The zero-order valence-electron chi connectivity index (χ0n) is 11.4. The Morgan fingerprint density at radius 1 is 1.47 bits per heavy atom. The van der Waals surface area contributed by atoms with E-state index in [1.807, 2.05) is 24.1 Å². The number of hydrogen-bond acceptors (Lipinski definition) is 4. The SMILES string of the molecule is CN(CC(=O)N[C@@H]1CC[C@@H](N)C1)Cc1ccncc1. The first-order chi connectivity index (χ1) is 9.13. The third kappa shape index (κ3) is 4.61. The Hall–Kier alpha value is -1.46. The Morgan fingerprint density at radius 2 is 2.21 bits per heavy atom. The normalized spacial score (nSPS) is 22.7. The van der Waals surface area contributed by atoms with Crippen molar-refractivity contribution in [1.82, 2.24) is 15.2 Å². The summed E-state index contributed by atoms with van der Waals surface area (Å²) >= 11 is 0. The Balaban J connectivity index is 1.73. The summed E-state index contributed by atoms with van der Waals surface area (Å²) in [6.07, 6.45) is 6.45. The monoisotopic (exact) mass is 262 g/mol. The summed E-state index contributed by atoms with van der Waals surface area (Å²) in [4.78, 5) is 17.9. The number of nitrogens with one attached hydrogen (secondary N) is 1. The molecule has 2 rings (SSSR count). The van der Waals surface area contributed by atoms with Gasteiger partial charge < -0.3 is 11.1 Å². The van der Waals surface area contributed by atoms with Crippen molar-refractivity contribution < 1.29 is 4.79 Å². The summed E-state index contributed by atoms with van der Waals surface area (Å²) in [7, 11) is 1.94. The van der Waals surface area contributed by atoms with Crippen molar-refractivity contribution in [2.75, 3.05) is 13.6 Å². The maximum absolute atomic E-state index is 11.9. The van der Waals surface area contributed by atoms with Gasteiger partial charge in [-0.3, -0.25) is 14.7 Å². The lowest BCUT2D eigenvalue weighted by molar-refractivity contribution is -0.122. The minimum Gasteiger partial charge on any atom is -0.352 e. The summed E-state index contributed by atoms with van der Waals surface area (Å²) in [5.74, 6) is 0.0793. The van der Waals surface area contributed by atoms with Gasteiger partial charge in [0.05, 0.1) is 6.54 Å². The van der Waals surface area contributed by atoms with Crippen LogP contribution in [0.1, 0.15) is 24.8 Å². The smallest absolute Gasteiger partial charge is 0.234 e. The van der Waals surface area contributed by atoms with E-state index >= 15 is 0 Å². The van der Waals surface area contributed by atoms with Crippen LogP contribution in [-0.2, 0) is 11.3 Å². The van der Waals surface area contributed by atoms with E-state index in [2.05, 4.69) is 10.3 Å². The highest BCUT2D eigenvalue weighted by molar-refractivity contribution is 5.78. The molecular formula is C14H22N4O. The summed E-state index contributed by atoms with van der Waals surface area (Å²) in [6, 6.07) is 4.44. The molecule has 1 aromatic heterocycles. The highest BCUT2D eigenvalue weighted by Crippen LogP contribution is 2.16. The van der Waals surface area contributed by atoms with Crippen molar-refractivity contribution in [2.45, 2.75) is 37.9 Å². The second-order valence-electron chi connectivity index (χ2n) is 5.37. The van der Waals surface area contributed by atoms with E-state index in [1.165, 1.54) is 0 Å². The molecule has 104 valence electrons. The van der Waals surface area contributed by atoms with Crippen LogP contribution in [0.15, 0.2) is 24.5 Å². The average Bonchev–Trinajstić information content (AvgIpc) is 2.75. The number of rotatable bonds is 5. The van der Waals surface area contributed by atoms with Crippen molar-refractivity contribution in [3.8, 4) is 0 Å². The van der Waals surface area contributed by atoms with Crippen LogP contribution in [0.2, 0.25) is 0 Å². The highest BCUT2D eigenvalue weighted by Gasteiger charge is 2.23. The van der Waals surface area contributed by atoms with E-state index in [9.17, 15) is 4.79 Å². The molecule has 0 spiro atoms. The van der Waals surface area contributed by atoms with Crippen molar-refractivity contribution in [1.29, 1.82) is 0 Å². The van der Waals surface area contributed by atoms with Gasteiger partial charge in [-0.25, -0.2) is 0 Å². The molecule has 1 heterocycles. The third-order valence-electron chi connectivity index (χ3n) is 3.45. The molecule has 0 radical (unpaired) electrons. The fourth-order valence-corrected chi connectivity index (χ4v) is 2.52. The van der Waals surface area contributed by atoms with Gasteiger partial charge in [-0.1, -0.05) is 0 Å². The second-order valence-corrected chi connectivity index (χ2v) is 5.37. The molecule has 19 heavy (non-hydrogen) atoms. The fraction of sp³-hybridized carbons (Fsp3) is 0.571. The van der Waals surface area contributed by atoms with Gasteiger partial charge in [0.2, 0.25) is 5.91 Å². The van der Waals surface area contributed by atoms with Crippen LogP contribution in [0.4, 0.5) is 0 Å². The lowest BCUT2D eigenvalue weighted by Gasteiger charge is -2.18. The minimum atomic E-state index is 0.0793. The summed E-state index contributed by atoms with van der Waals surface area (Å²) in [5, 5.41) is 3.05. The first-order valence-electron chi connectivity index (χ1n) is 6.76. The average molecular weight is 262 g/mol. The van der Waals surface area contributed by atoms with E-state index in [0.29, 0.717) is 6.54 Å². The number of pyridine rings is 1. The highest BCUT2D eigenvalue weighted by atomic mass is 16.2. The predicted molar refractivity (Wildman–Crippen MR) is 74.3 cm³/mol. The van der Waals surface area contributed by atoms with Crippen LogP contribution in [0.3, 0.4) is 0 Å². The van der Waals surface area contributed by atoms with Crippen molar-refractivity contribution in [3.05, 3.63) is 30.1 Å².